The largest absolute Gasteiger partial charge is 0.478 e. The number of amides is 2. The number of hydrogen-bond acceptors (Lipinski definition) is 3. The number of unbranched alkanes of at least 4 members (excludes halogenated alkanes) is 4. The standard InChI is InChI=1S/C16H22N2O4/c1-2-3-4-5-6-11-14(19)17-18-15(20)12-9-7-8-10-13(12)16(21)22/h7-10H,2-6,11H2,1H3,(H,17,19)(H,18,20)(H,21,22). The molecule has 1 rings (SSSR count). The molecule has 3 N–H and O–H groups in total. The van der Waals surface area contributed by atoms with Crippen molar-refractivity contribution in [2.75, 3.05) is 0 Å². The number of aromatic carboxylic acids is 1. The van der Waals surface area contributed by atoms with E-state index in [-0.39, 0.29) is 17.0 Å². The molecule has 0 radical (unpaired) electrons. The maximum atomic E-state index is 11.9. The molecule has 1 aromatic carbocycles. The van der Waals surface area contributed by atoms with Gasteiger partial charge in [0.05, 0.1) is 11.1 Å². The number of carboxylic acids is 1. The molecule has 0 atom stereocenters. The Kier molecular flexibility index (Phi) is 7.67. The molecule has 2 amide bonds. The van der Waals surface area contributed by atoms with Crippen LogP contribution >= 0.6 is 0 Å². The summed E-state index contributed by atoms with van der Waals surface area (Å²) in [5.74, 6) is -2.11. The minimum absolute atomic E-state index is 0.0123. The van der Waals surface area contributed by atoms with Crippen molar-refractivity contribution in [2.24, 2.45) is 0 Å². The first kappa shape index (κ1) is 17.7. The number of carboxylic acid groups (broad SMARTS) is 1. The van der Waals surface area contributed by atoms with Gasteiger partial charge in [-0.25, -0.2) is 4.79 Å². The molecule has 0 aromatic heterocycles. The van der Waals surface area contributed by atoms with Crippen LogP contribution in [0.3, 0.4) is 0 Å². The lowest BCUT2D eigenvalue weighted by atomic mass is 10.1. The van der Waals surface area contributed by atoms with E-state index < -0.39 is 11.9 Å². The fourth-order valence-electron chi connectivity index (χ4n) is 2.01. The number of carbonyl (C=O) groups is 3. The Labute approximate surface area is 129 Å². The van der Waals surface area contributed by atoms with E-state index in [1.807, 2.05) is 0 Å². The number of rotatable bonds is 8. The molecule has 0 saturated carbocycles. The Balaban J connectivity index is 2.40. The minimum Gasteiger partial charge on any atom is -0.478 e. The van der Waals surface area contributed by atoms with E-state index in [1.54, 1.807) is 6.07 Å². The summed E-state index contributed by atoms with van der Waals surface area (Å²) in [7, 11) is 0. The lowest BCUT2D eigenvalue weighted by Gasteiger charge is -2.09. The Morgan fingerprint density at radius 3 is 2.23 bits per heavy atom. The van der Waals surface area contributed by atoms with Crippen LogP contribution in [-0.4, -0.2) is 22.9 Å². The molecule has 120 valence electrons. The fourth-order valence-corrected chi connectivity index (χ4v) is 2.01. The summed E-state index contributed by atoms with van der Waals surface area (Å²) in [6.45, 7) is 2.12. The molecule has 0 unspecified atom stereocenters. The van der Waals surface area contributed by atoms with Gasteiger partial charge in [-0.05, 0) is 18.6 Å². The highest BCUT2D eigenvalue weighted by Gasteiger charge is 2.15. The molecule has 22 heavy (non-hydrogen) atoms. The SMILES string of the molecule is CCCCCCCC(=O)NNC(=O)c1ccccc1C(=O)O. The quantitative estimate of drug-likeness (QED) is 0.508. The molecule has 0 aliphatic rings. The molecular formula is C16H22N2O4. The molecule has 0 fully saturated rings. The maximum Gasteiger partial charge on any atom is 0.336 e. The summed E-state index contributed by atoms with van der Waals surface area (Å²) in [5.41, 5.74) is 4.46. The van der Waals surface area contributed by atoms with Gasteiger partial charge in [-0.15, -0.1) is 0 Å². The average Bonchev–Trinajstić information content (AvgIpc) is 2.52. The summed E-state index contributed by atoms with van der Waals surface area (Å²) >= 11 is 0. The summed E-state index contributed by atoms with van der Waals surface area (Å²) in [5, 5.41) is 9.01. The van der Waals surface area contributed by atoms with Gasteiger partial charge in [0.15, 0.2) is 0 Å². The predicted molar refractivity (Wildman–Crippen MR) is 82.4 cm³/mol. The van der Waals surface area contributed by atoms with Crippen LogP contribution in [0, 0.1) is 0 Å². The van der Waals surface area contributed by atoms with Crippen LogP contribution in [0.15, 0.2) is 24.3 Å². The van der Waals surface area contributed by atoms with Gasteiger partial charge >= 0.3 is 5.97 Å². The summed E-state index contributed by atoms with van der Waals surface area (Å²) in [6.07, 6.45) is 5.49. The van der Waals surface area contributed by atoms with Crippen LogP contribution in [0.4, 0.5) is 0 Å². The number of hydrazine groups is 1. The molecule has 0 aliphatic carbocycles. The van der Waals surface area contributed by atoms with Crippen LogP contribution in [0.25, 0.3) is 0 Å². The van der Waals surface area contributed by atoms with Crippen molar-refractivity contribution in [3.8, 4) is 0 Å². The zero-order valence-corrected chi connectivity index (χ0v) is 12.7. The van der Waals surface area contributed by atoms with Crippen LogP contribution < -0.4 is 10.9 Å². The lowest BCUT2D eigenvalue weighted by molar-refractivity contribution is -0.122. The zero-order chi connectivity index (χ0) is 16.4. The highest BCUT2D eigenvalue weighted by Crippen LogP contribution is 2.08. The van der Waals surface area contributed by atoms with E-state index >= 15 is 0 Å². The fraction of sp³-hybridized carbons (Fsp3) is 0.438. The Morgan fingerprint density at radius 2 is 1.59 bits per heavy atom. The van der Waals surface area contributed by atoms with E-state index in [9.17, 15) is 14.4 Å². The Bertz CT molecular complexity index is 529. The minimum atomic E-state index is -1.19. The van der Waals surface area contributed by atoms with Crippen molar-refractivity contribution < 1.29 is 19.5 Å². The molecule has 0 saturated heterocycles. The first-order chi connectivity index (χ1) is 10.6. The second-order valence-electron chi connectivity index (χ2n) is 5.02. The molecule has 0 bridgehead atoms. The Hall–Kier alpha value is -2.37. The van der Waals surface area contributed by atoms with Gasteiger partial charge in [0.2, 0.25) is 5.91 Å². The molecule has 6 nitrogen and oxygen atoms in total. The van der Waals surface area contributed by atoms with Crippen LogP contribution in [0.2, 0.25) is 0 Å². The molecule has 0 spiro atoms. The summed E-state index contributed by atoms with van der Waals surface area (Å²) in [6, 6.07) is 5.84. The lowest BCUT2D eigenvalue weighted by Crippen LogP contribution is -2.42. The summed E-state index contributed by atoms with van der Waals surface area (Å²) < 4.78 is 0. The smallest absolute Gasteiger partial charge is 0.336 e. The van der Waals surface area contributed by atoms with Gasteiger partial charge in [0.25, 0.3) is 5.91 Å². The van der Waals surface area contributed by atoms with E-state index in [2.05, 4.69) is 17.8 Å². The second-order valence-corrected chi connectivity index (χ2v) is 5.02. The molecule has 1 aromatic rings. The van der Waals surface area contributed by atoms with Gasteiger partial charge in [-0.2, -0.15) is 0 Å². The van der Waals surface area contributed by atoms with Crippen LogP contribution in [0.1, 0.15) is 66.2 Å². The highest BCUT2D eigenvalue weighted by atomic mass is 16.4. The maximum absolute atomic E-state index is 11.9. The zero-order valence-electron chi connectivity index (χ0n) is 12.7. The van der Waals surface area contributed by atoms with E-state index in [1.165, 1.54) is 18.2 Å². The van der Waals surface area contributed by atoms with E-state index in [0.29, 0.717) is 6.42 Å². The van der Waals surface area contributed by atoms with Crippen molar-refractivity contribution in [2.45, 2.75) is 45.4 Å². The first-order valence-electron chi connectivity index (χ1n) is 7.47. The van der Waals surface area contributed by atoms with Crippen molar-refractivity contribution in [3.05, 3.63) is 35.4 Å². The van der Waals surface area contributed by atoms with Crippen molar-refractivity contribution in [1.29, 1.82) is 0 Å². The first-order valence-corrected chi connectivity index (χ1v) is 7.47. The predicted octanol–water partition coefficient (Wildman–Crippen LogP) is 2.51. The average molecular weight is 306 g/mol. The molecule has 0 heterocycles. The van der Waals surface area contributed by atoms with Gasteiger partial charge in [-0.1, -0.05) is 44.7 Å². The van der Waals surface area contributed by atoms with E-state index in [0.717, 1.165) is 32.1 Å². The summed E-state index contributed by atoms with van der Waals surface area (Å²) in [4.78, 5) is 34.5. The second kappa shape index (κ2) is 9.55. The number of nitrogens with one attached hydrogen (secondary N) is 2. The normalized spacial score (nSPS) is 10.0. The molecule has 0 aliphatic heterocycles. The van der Waals surface area contributed by atoms with Gasteiger partial charge in [0, 0.05) is 6.42 Å². The van der Waals surface area contributed by atoms with Crippen molar-refractivity contribution >= 4 is 17.8 Å². The van der Waals surface area contributed by atoms with Crippen molar-refractivity contribution in [3.63, 3.8) is 0 Å². The third-order valence-electron chi connectivity index (χ3n) is 3.22. The van der Waals surface area contributed by atoms with Gasteiger partial charge in [-0.3, -0.25) is 20.4 Å². The highest BCUT2D eigenvalue weighted by molar-refractivity contribution is 6.05. The monoisotopic (exact) mass is 306 g/mol. The number of hydrogen-bond donors (Lipinski definition) is 3. The number of carbonyl (C=O) groups excluding carboxylic acids is 2. The number of benzene rings is 1. The third kappa shape index (κ3) is 5.95. The third-order valence-corrected chi connectivity index (χ3v) is 3.22. The van der Waals surface area contributed by atoms with Gasteiger partial charge in [0.1, 0.15) is 0 Å². The topological polar surface area (TPSA) is 95.5 Å². The van der Waals surface area contributed by atoms with Crippen LogP contribution in [0.5, 0.6) is 0 Å². The van der Waals surface area contributed by atoms with Crippen molar-refractivity contribution in [1.82, 2.24) is 10.9 Å². The van der Waals surface area contributed by atoms with E-state index in [4.69, 9.17) is 5.11 Å². The molecule has 6 heteroatoms. The van der Waals surface area contributed by atoms with Crippen LogP contribution in [-0.2, 0) is 4.79 Å². The van der Waals surface area contributed by atoms with Gasteiger partial charge < -0.3 is 5.11 Å². The molecular weight excluding hydrogens is 284 g/mol. The Morgan fingerprint density at radius 1 is 0.955 bits per heavy atom.